The van der Waals surface area contributed by atoms with Crippen molar-refractivity contribution in [3.8, 4) is 0 Å². The van der Waals surface area contributed by atoms with E-state index in [9.17, 15) is 0 Å². The van der Waals surface area contributed by atoms with Crippen LogP contribution in [0.5, 0.6) is 0 Å². The molecule has 0 spiro atoms. The number of benzene rings is 1. The number of aryl methyl sites for hydroxylation is 1. The van der Waals surface area contributed by atoms with Gasteiger partial charge in [0.05, 0.1) is 0 Å². The molecule has 0 heterocycles. The fourth-order valence-corrected chi connectivity index (χ4v) is 3.51. The molecule has 0 aromatic heterocycles. The zero-order valence-electron chi connectivity index (χ0n) is 12.1. The molecule has 1 fully saturated rings. The summed E-state index contributed by atoms with van der Waals surface area (Å²) in [7, 11) is 0. The normalized spacial score (nSPS) is 28.6. The highest BCUT2D eigenvalue weighted by molar-refractivity contribution is 5.29. The molecule has 2 N–H and O–H groups in total. The maximum Gasteiger partial charge on any atom is 0.0412 e. The first-order valence-corrected chi connectivity index (χ1v) is 7.35. The highest BCUT2D eigenvalue weighted by Gasteiger charge is 2.34. The Bertz CT molecular complexity index is 396. The molecular weight excluding hydrogens is 218 g/mol. The summed E-state index contributed by atoms with van der Waals surface area (Å²) < 4.78 is 0. The van der Waals surface area contributed by atoms with Gasteiger partial charge in [-0.2, -0.15) is 0 Å². The minimum atomic E-state index is -0.0795. The Kier molecular flexibility index (Phi) is 4.11. The molecule has 1 aliphatic rings. The Balaban J connectivity index is 2.15. The van der Waals surface area contributed by atoms with Crippen LogP contribution in [0, 0.1) is 18.8 Å². The summed E-state index contributed by atoms with van der Waals surface area (Å²) in [6, 6.07) is 8.79. The average molecular weight is 245 g/mol. The average Bonchev–Trinajstić information content (AvgIpc) is 2.28. The van der Waals surface area contributed by atoms with Gasteiger partial charge < -0.3 is 5.73 Å². The molecule has 0 aliphatic heterocycles. The second-order valence-corrected chi connectivity index (χ2v) is 6.62. The molecule has 0 radical (unpaired) electrons. The van der Waals surface area contributed by atoms with E-state index in [2.05, 4.69) is 45.0 Å². The monoisotopic (exact) mass is 245 g/mol. The van der Waals surface area contributed by atoms with Crippen LogP contribution in [0.4, 0.5) is 0 Å². The highest BCUT2D eigenvalue weighted by Crippen LogP contribution is 2.40. The van der Waals surface area contributed by atoms with Crippen LogP contribution in [-0.2, 0) is 5.54 Å². The van der Waals surface area contributed by atoms with E-state index in [0.29, 0.717) is 0 Å². The number of nitrogens with two attached hydrogens (primary N) is 1. The molecule has 1 aromatic carbocycles. The van der Waals surface area contributed by atoms with Crippen molar-refractivity contribution >= 4 is 0 Å². The van der Waals surface area contributed by atoms with Crippen LogP contribution in [0.1, 0.15) is 57.1 Å². The lowest BCUT2D eigenvalue weighted by Crippen LogP contribution is -2.41. The minimum absolute atomic E-state index is 0.0795. The highest BCUT2D eigenvalue weighted by atomic mass is 14.8. The first-order chi connectivity index (χ1) is 8.49. The van der Waals surface area contributed by atoms with Gasteiger partial charge in [0.25, 0.3) is 0 Å². The van der Waals surface area contributed by atoms with Crippen molar-refractivity contribution in [1.82, 2.24) is 0 Å². The molecule has 1 nitrogen and oxygen atoms in total. The van der Waals surface area contributed by atoms with Crippen molar-refractivity contribution in [1.29, 1.82) is 0 Å². The molecule has 100 valence electrons. The van der Waals surface area contributed by atoms with Gasteiger partial charge in [0.15, 0.2) is 0 Å². The SMILES string of the molecule is Cc1cccc(C2(N)CCCC(CC(C)C)C2)c1. The standard InChI is InChI=1S/C17H27N/c1-13(2)10-15-7-5-9-17(18,12-15)16-8-4-6-14(3)11-16/h4,6,8,11,13,15H,5,7,9-10,12,18H2,1-3H3. The van der Waals surface area contributed by atoms with Gasteiger partial charge in [0.1, 0.15) is 0 Å². The summed E-state index contributed by atoms with van der Waals surface area (Å²) in [4.78, 5) is 0. The van der Waals surface area contributed by atoms with Crippen LogP contribution < -0.4 is 5.73 Å². The molecular formula is C17H27N. The third-order valence-electron chi connectivity index (χ3n) is 4.29. The largest absolute Gasteiger partial charge is 0.321 e. The predicted octanol–water partition coefficient (Wildman–Crippen LogP) is 4.39. The first-order valence-electron chi connectivity index (χ1n) is 7.35. The quantitative estimate of drug-likeness (QED) is 0.840. The van der Waals surface area contributed by atoms with Gasteiger partial charge in [-0.1, -0.05) is 56.5 Å². The van der Waals surface area contributed by atoms with Gasteiger partial charge in [-0.05, 0) is 43.6 Å². The molecule has 1 heteroatoms. The second-order valence-electron chi connectivity index (χ2n) is 6.62. The van der Waals surface area contributed by atoms with E-state index < -0.39 is 0 Å². The molecule has 2 unspecified atom stereocenters. The molecule has 0 saturated heterocycles. The first kappa shape index (κ1) is 13.6. The molecule has 1 aliphatic carbocycles. The Morgan fingerprint density at radius 3 is 2.83 bits per heavy atom. The molecule has 2 rings (SSSR count). The van der Waals surface area contributed by atoms with Crippen LogP contribution in [0.3, 0.4) is 0 Å². The van der Waals surface area contributed by atoms with E-state index in [1.807, 2.05) is 0 Å². The van der Waals surface area contributed by atoms with Crippen molar-refractivity contribution in [2.75, 3.05) is 0 Å². The number of rotatable bonds is 3. The summed E-state index contributed by atoms with van der Waals surface area (Å²) in [6.07, 6.45) is 6.27. The van der Waals surface area contributed by atoms with Gasteiger partial charge in [0.2, 0.25) is 0 Å². The maximum atomic E-state index is 6.72. The minimum Gasteiger partial charge on any atom is -0.321 e. The van der Waals surface area contributed by atoms with Crippen LogP contribution >= 0.6 is 0 Å². The smallest absolute Gasteiger partial charge is 0.0412 e. The molecule has 1 aromatic rings. The zero-order chi connectivity index (χ0) is 13.2. The van der Waals surface area contributed by atoms with Crippen molar-refractivity contribution in [3.05, 3.63) is 35.4 Å². The fourth-order valence-electron chi connectivity index (χ4n) is 3.51. The maximum absolute atomic E-state index is 6.72. The zero-order valence-corrected chi connectivity index (χ0v) is 12.1. The Morgan fingerprint density at radius 1 is 1.39 bits per heavy atom. The summed E-state index contributed by atoms with van der Waals surface area (Å²) in [6.45, 7) is 6.79. The van der Waals surface area contributed by atoms with Crippen molar-refractivity contribution in [2.45, 2.75) is 58.4 Å². The van der Waals surface area contributed by atoms with Crippen LogP contribution in [-0.4, -0.2) is 0 Å². The van der Waals surface area contributed by atoms with Gasteiger partial charge in [-0.15, -0.1) is 0 Å². The summed E-state index contributed by atoms with van der Waals surface area (Å²) in [5.74, 6) is 1.60. The molecule has 18 heavy (non-hydrogen) atoms. The van der Waals surface area contributed by atoms with Crippen LogP contribution in [0.25, 0.3) is 0 Å². The van der Waals surface area contributed by atoms with E-state index in [0.717, 1.165) is 24.7 Å². The number of hydrogen-bond donors (Lipinski definition) is 1. The molecule has 0 bridgehead atoms. The van der Waals surface area contributed by atoms with Gasteiger partial charge in [-0.3, -0.25) is 0 Å². The second kappa shape index (κ2) is 5.44. The van der Waals surface area contributed by atoms with Crippen LogP contribution in [0.2, 0.25) is 0 Å². The molecule has 1 saturated carbocycles. The Morgan fingerprint density at radius 2 is 2.17 bits per heavy atom. The molecule has 2 atom stereocenters. The van der Waals surface area contributed by atoms with Crippen molar-refractivity contribution < 1.29 is 0 Å². The Labute approximate surface area is 112 Å². The third kappa shape index (κ3) is 3.14. The van der Waals surface area contributed by atoms with E-state index in [1.165, 1.54) is 30.4 Å². The summed E-state index contributed by atoms with van der Waals surface area (Å²) in [5, 5.41) is 0. The van der Waals surface area contributed by atoms with E-state index in [4.69, 9.17) is 5.73 Å². The lowest BCUT2D eigenvalue weighted by molar-refractivity contribution is 0.202. The predicted molar refractivity (Wildman–Crippen MR) is 78.5 cm³/mol. The third-order valence-corrected chi connectivity index (χ3v) is 4.29. The fraction of sp³-hybridized carbons (Fsp3) is 0.647. The Hall–Kier alpha value is -0.820. The molecule has 0 amide bonds. The van der Waals surface area contributed by atoms with Crippen molar-refractivity contribution in [2.24, 2.45) is 17.6 Å². The van der Waals surface area contributed by atoms with E-state index >= 15 is 0 Å². The van der Waals surface area contributed by atoms with Gasteiger partial charge in [0, 0.05) is 5.54 Å². The summed E-state index contributed by atoms with van der Waals surface area (Å²) in [5.41, 5.74) is 9.30. The lowest BCUT2D eigenvalue weighted by atomic mass is 9.70. The number of hydrogen-bond acceptors (Lipinski definition) is 1. The van der Waals surface area contributed by atoms with Gasteiger partial charge >= 0.3 is 0 Å². The van der Waals surface area contributed by atoms with Gasteiger partial charge in [-0.25, -0.2) is 0 Å². The lowest BCUT2D eigenvalue weighted by Gasteiger charge is -2.39. The van der Waals surface area contributed by atoms with Crippen LogP contribution in [0.15, 0.2) is 24.3 Å². The topological polar surface area (TPSA) is 26.0 Å². The van der Waals surface area contributed by atoms with E-state index in [1.54, 1.807) is 0 Å². The van der Waals surface area contributed by atoms with E-state index in [-0.39, 0.29) is 5.54 Å². The van der Waals surface area contributed by atoms with Crippen molar-refractivity contribution in [3.63, 3.8) is 0 Å². The summed E-state index contributed by atoms with van der Waals surface area (Å²) >= 11 is 0.